The number of rotatable bonds is 5. The number of benzene rings is 2. The fourth-order valence-electron chi connectivity index (χ4n) is 3.56. The minimum absolute atomic E-state index is 0. The fourth-order valence-corrected chi connectivity index (χ4v) is 3.56. The molecule has 7 heteroatoms. The number of para-hydroxylation sites is 2. The lowest BCUT2D eigenvalue weighted by Crippen LogP contribution is -2.47. The van der Waals surface area contributed by atoms with Crippen LogP contribution in [0.1, 0.15) is 18.4 Å². The lowest BCUT2D eigenvalue weighted by molar-refractivity contribution is 0.129. The van der Waals surface area contributed by atoms with E-state index >= 15 is 0 Å². The zero-order valence-corrected chi connectivity index (χ0v) is 19.5. The van der Waals surface area contributed by atoms with Gasteiger partial charge >= 0.3 is 0 Å². The summed E-state index contributed by atoms with van der Waals surface area (Å²) < 4.78 is 7.99. The Morgan fingerprint density at radius 1 is 1.07 bits per heavy atom. The van der Waals surface area contributed by atoms with E-state index in [4.69, 9.17) is 4.74 Å². The molecule has 2 aromatic carbocycles. The second-order valence-corrected chi connectivity index (χ2v) is 7.15. The highest BCUT2D eigenvalue weighted by atomic mass is 127. The van der Waals surface area contributed by atoms with Gasteiger partial charge in [0.15, 0.2) is 5.96 Å². The van der Waals surface area contributed by atoms with Crippen LogP contribution < -0.4 is 10.1 Å². The number of nitrogens with one attached hydrogen (secondary N) is 1. The van der Waals surface area contributed by atoms with Crippen LogP contribution in [0.15, 0.2) is 78.0 Å². The largest absolute Gasteiger partial charge is 0.490 e. The van der Waals surface area contributed by atoms with Gasteiger partial charge in [0.05, 0.1) is 11.9 Å². The number of aliphatic imine (C=N–C) groups is 1. The minimum Gasteiger partial charge on any atom is -0.490 e. The Bertz CT molecular complexity index is 921. The molecule has 1 N–H and O–H groups in total. The highest BCUT2D eigenvalue weighted by molar-refractivity contribution is 14.0. The first-order valence-electron chi connectivity index (χ1n) is 10.1. The maximum Gasteiger partial charge on any atom is 0.193 e. The van der Waals surface area contributed by atoms with Crippen molar-refractivity contribution in [3.8, 4) is 11.4 Å². The van der Waals surface area contributed by atoms with Crippen molar-refractivity contribution in [2.45, 2.75) is 25.5 Å². The SMILES string of the molecule is CN=C(NCc1cnn(-c2ccccc2)c1)N1CCC(Oc2ccccc2)CC1.I. The highest BCUT2D eigenvalue weighted by Gasteiger charge is 2.22. The molecule has 1 fully saturated rings. The van der Waals surface area contributed by atoms with Crippen LogP contribution in [-0.4, -0.2) is 46.9 Å². The Morgan fingerprint density at radius 3 is 2.40 bits per heavy atom. The first kappa shape index (κ1) is 22.1. The van der Waals surface area contributed by atoms with Crippen LogP contribution >= 0.6 is 24.0 Å². The standard InChI is InChI=1S/C23H27N5O.HI/c1-24-23(25-16-19-17-26-28(18-19)20-8-4-2-5-9-20)27-14-12-22(13-15-27)29-21-10-6-3-7-11-21;/h2-11,17-18,22H,12-16H2,1H3,(H,24,25);1H. The number of hydrogen-bond donors (Lipinski definition) is 1. The summed E-state index contributed by atoms with van der Waals surface area (Å²) in [6.07, 6.45) is 6.18. The first-order valence-corrected chi connectivity index (χ1v) is 10.1. The summed E-state index contributed by atoms with van der Waals surface area (Å²) in [6.45, 7) is 2.56. The van der Waals surface area contributed by atoms with E-state index in [9.17, 15) is 0 Å². The molecule has 0 amide bonds. The maximum atomic E-state index is 6.09. The van der Waals surface area contributed by atoms with Crippen molar-refractivity contribution in [3.63, 3.8) is 0 Å². The first-order chi connectivity index (χ1) is 14.3. The van der Waals surface area contributed by atoms with Crippen LogP contribution in [0.2, 0.25) is 0 Å². The molecule has 1 aliphatic rings. The molecule has 0 radical (unpaired) electrons. The maximum absolute atomic E-state index is 6.09. The van der Waals surface area contributed by atoms with E-state index in [1.165, 1.54) is 0 Å². The van der Waals surface area contributed by atoms with Crippen LogP contribution in [0.4, 0.5) is 0 Å². The number of likely N-dealkylation sites (tertiary alicyclic amines) is 1. The molecule has 3 aromatic rings. The third-order valence-corrected chi connectivity index (χ3v) is 5.11. The number of halogens is 1. The summed E-state index contributed by atoms with van der Waals surface area (Å²) in [5.41, 5.74) is 2.18. The van der Waals surface area contributed by atoms with E-state index in [-0.39, 0.29) is 30.1 Å². The van der Waals surface area contributed by atoms with Gasteiger partial charge in [-0.15, -0.1) is 24.0 Å². The van der Waals surface area contributed by atoms with E-state index < -0.39 is 0 Å². The van der Waals surface area contributed by atoms with Crippen molar-refractivity contribution in [2.24, 2.45) is 4.99 Å². The van der Waals surface area contributed by atoms with E-state index in [0.717, 1.165) is 48.9 Å². The third-order valence-electron chi connectivity index (χ3n) is 5.11. The minimum atomic E-state index is 0. The van der Waals surface area contributed by atoms with Gasteiger partial charge < -0.3 is 15.0 Å². The zero-order valence-electron chi connectivity index (χ0n) is 17.1. The predicted octanol–water partition coefficient (Wildman–Crippen LogP) is 4.11. The topological polar surface area (TPSA) is 54.7 Å². The molecule has 0 unspecified atom stereocenters. The molecule has 0 bridgehead atoms. The monoisotopic (exact) mass is 517 g/mol. The fraction of sp³-hybridized carbons (Fsp3) is 0.304. The van der Waals surface area contributed by atoms with Crippen LogP contribution in [0, 0.1) is 0 Å². The molecule has 1 aliphatic heterocycles. The summed E-state index contributed by atoms with van der Waals surface area (Å²) in [5.74, 6) is 1.87. The molecular weight excluding hydrogens is 489 g/mol. The van der Waals surface area contributed by atoms with Gasteiger partial charge in [-0.05, 0) is 24.3 Å². The molecule has 0 spiro atoms. The van der Waals surface area contributed by atoms with Gasteiger partial charge in [-0.1, -0.05) is 36.4 Å². The number of piperidine rings is 1. The van der Waals surface area contributed by atoms with Crippen molar-refractivity contribution in [1.82, 2.24) is 20.0 Å². The van der Waals surface area contributed by atoms with Crippen LogP contribution in [0.5, 0.6) is 5.75 Å². The second kappa shape index (κ2) is 11.0. The molecule has 2 heterocycles. The summed E-state index contributed by atoms with van der Waals surface area (Å²) in [4.78, 5) is 6.76. The van der Waals surface area contributed by atoms with E-state index in [0.29, 0.717) is 6.54 Å². The summed E-state index contributed by atoms with van der Waals surface area (Å²) in [6, 6.07) is 20.2. The Kier molecular flexibility index (Phi) is 8.12. The highest BCUT2D eigenvalue weighted by Crippen LogP contribution is 2.18. The zero-order chi connectivity index (χ0) is 19.9. The quantitative estimate of drug-likeness (QED) is 0.315. The Labute approximate surface area is 195 Å². The van der Waals surface area contributed by atoms with Gasteiger partial charge in [0, 0.05) is 51.3 Å². The lowest BCUT2D eigenvalue weighted by Gasteiger charge is -2.34. The van der Waals surface area contributed by atoms with E-state index in [2.05, 4.69) is 26.5 Å². The number of hydrogen-bond acceptors (Lipinski definition) is 3. The smallest absolute Gasteiger partial charge is 0.193 e. The van der Waals surface area contributed by atoms with Gasteiger partial charge in [-0.25, -0.2) is 4.68 Å². The van der Waals surface area contributed by atoms with Gasteiger partial charge in [-0.3, -0.25) is 4.99 Å². The Balaban J connectivity index is 0.00000256. The molecule has 0 saturated carbocycles. The van der Waals surface area contributed by atoms with E-state index in [1.54, 1.807) is 0 Å². The molecule has 1 aromatic heterocycles. The number of aromatic nitrogens is 2. The Morgan fingerprint density at radius 2 is 1.73 bits per heavy atom. The molecule has 6 nitrogen and oxygen atoms in total. The number of nitrogens with zero attached hydrogens (tertiary/aromatic N) is 4. The molecule has 158 valence electrons. The molecule has 1 saturated heterocycles. The predicted molar refractivity (Wildman–Crippen MR) is 131 cm³/mol. The van der Waals surface area contributed by atoms with Crippen LogP contribution in [0.25, 0.3) is 5.69 Å². The molecule has 4 rings (SSSR count). The van der Waals surface area contributed by atoms with Crippen LogP contribution in [0.3, 0.4) is 0 Å². The number of ether oxygens (including phenoxy) is 1. The molecule has 0 aliphatic carbocycles. The van der Waals surface area contributed by atoms with Crippen molar-refractivity contribution in [2.75, 3.05) is 20.1 Å². The van der Waals surface area contributed by atoms with E-state index in [1.807, 2.05) is 78.6 Å². The molecule has 0 atom stereocenters. The van der Waals surface area contributed by atoms with Gasteiger partial charge in [0.2, 0.25) is 0 Å². The van der Waals surface area contributed by atoms with Crippen molar-refractivity contribution >= 4 is 29.9 Å². The summed E-state index contributed by atoms with van der Waals surface area (Å²) in [7, 11) is 1.84. The van der Waals surface area contributed by atoms with Gasteiger partial charge in [0.1, 0.15) is 11.9 Å². The van der Waals surface area contributed by atoms with Crippen molar-refractivity contribution < 1.29 is 4.74 Å². The number of guanidine groups is 1. The Hall–Kier alpha value is -2.55. The van der Waals surface area contributed by atoms with Gasteiger partial charge in [0.25, 0.3) is 0 Å². The van der Waals surface area contributed by atoms with Crippen LogP contribution in [-0.2, 0) is 6.54 Å². The van der Waals surface area contributed by atoms with Crippen molar-refractivity contribution in [3.05, 3.63) is 78.6 Å². The summed E-state index contributed by atoms with van der Waals surface area (Å²) in [5, 5.41) is 7.93. The normalized spacial score (nSPS) is 14.8. The lowest BCUT2D eigenvalue weighted by atomic mass is 10.1. The molecule has 30 heavy (non-hydrogen) atoms. The second-order valence-electron chi connectivity index (χ2n) is 7.15. The third kappa shape index (κ3) is 5.75. The summed E-state index contributed by atoms with van der Waals surface area (Å²) >= 11 is 0. The molecular formula is C23H28IN5O. The van der Waals surface area contributed by atoms with Crippen molar-refractivity contribution in [1.29, 1.82) is 0 Å². The average molecular weight is 517 g/mol. The average Bonchev–Trinajstić information content (AvgIpc) is 3.26. The van der Waals surface area contributed by atoms with Gasteiger partial charge in [-0.2, -0.15) is 5.10 Å².